The van der Waals surface area contributed by atoms with Gasteiger partial charge < -0.3 is 14.7 Å². The number of piperazine rings is 1. The van der Waals surface area contributed by atoms with Gasteiger partial charge in [-0.3, -0.25) is 19.4 Å². The third-order valence-electron chi connectivity index (χ3n) is 8.66. The van der Waals surface area contributed by atoms with Crippen LogP contribution in [0.2, 0.25) is 0 Å². The molecule has 1 unspecified atom stereocenters. The molecule has 0 bridgehead atoms. The third kappa shape index (κ3) is 7.07. The number of piperidine rings is 1. The number of benzene rings is 3. The monoisotopic (exact) mass is 581 g/mol. The van der Waals surface area contributed by atoms with Gasteiger partial charge in [0.05, 0.1) is 24.8 Å². The molecular formula is C36H43N3O4. The zero-order valence-corrected chi connectivity index (χ0v) is 25.1. The van der Waals surface area contributed by atoms with Gasteiger partial charge in [-0.25, -0.2) is 0 Å². The van der Waals surface area contributed by atoms with Crippen molar-refractivity contribution in [2.75, 3.05) is 52.4 Å². The largest absolute Gasteiger partial charge is 0.466 e. The van der Waals surface area contributed by atoms with Gasteiger partial charge in [-0.05, 0) is 48.6 Å². The molecule has 43 heavy (non-hydrogen) atoms. The molecule has 2 saturated heterocycles. The second-order valence-electron chi connectivity index (χ2n) is 11.3. The van der Waals surface area contributed by atoms with Crippen LogP contribution in [-0.4, -0.2) is 90.2 Å². The van der Waals surface area contributed by atoms with Crippen molar-refractivity contribution in [2.24, 2.45) is 0 Å². The van der Waals surface area contributed by atoms with E-state index in [1.165, 1.54) is 16.7 Å². The topological polar surface area (TPSA) is 73.3 Å². The van der Waals surface area contributed by atoms with E-state index < -0.39 is 11.6 Å². The molecule has 226 valence electrons. The first-order valence-electron chi connectivity index (χ1n) is 15.5. The quantitative estimate of drug-likeness (QED) is 0.205. The fourth-order valence-electron chi connectivity index (χ4n) is 6.49. The van der Waals surface area contributed by atoms with Crippen LogP contribution in [0.25, 0.3) is 0 Å². The summed E-state index contributed by atoms with van der Waals surface area (Å²) >= 11 is 0. The summed E-state index contributed by atoms with van der Waals surface area (Å²) < 4.78 is 5.01. The van der Waals surface area contributed by atoms with Gasteiger partial charge in [-0.2, -0.15) is 0 Å². The average Bonchev–Trinajstić information content (AvgIpc) is 3.04. The molecule has 1 N–H and O–H groups in total. The maximum absolute atomic E-state index is 13.0. The maximum Gasteiger partial charge on any atom is 0.305 e. The third-order valence-corrected chi connectivity index (χ3v) is 8.66. The summed E-state index contributed by atoms with van der Waals surface area (Å²) in [4.78, 5) is 31.1. The lowest BCUT2D eigenvalue weighted by Crippen LogP contribution is -2.53. The van der Waals surface area contributed by atoms with Gasteiger partial charge in [-0.1, -0.05) is 97.1 Å². The summed E-state index contributed by atoms with van der Waals surface area (Å²) in [5.41, 5.74) is 3.93. The Morgan fingerprint density at radius 3 is 2.00 bits per heavy atom. The molecule has 0 aliphatic carbocycles. The Bertz CT molecular complexity index is 1270. The van der Waals surface area contributed by atoms with Crippen molar-refractivity contribution in [2.45, 2.75) is 37.8 Å². The minimum atomic E-state index is -0.548. The number of carbonyl (C=O) groups is 2. The predicted molar refractivity (Wildman–Crippen MR) is 168 cm³/mol. The van der Waals surface area contributed by atoms with Crippen molar-refractivity contribution in [1.82, 2.24) is 14.7 Å². The number of likely N-dealkylation sites (tertiary alicyclic amines) is 1. The van der Waals surface area contributed by atoms with E-state index in [4.69, 9.17) is 4.74 Å². The lowest BCUT2D eigenvalue weighted by atomic mass is 9.74. The van der Waals surface area contributed by atoms with E-state index in [1.54, 1.807) is 6.92 Å². The molecule has 0 radical (unpaired) electrons. The van der Waals surface area contributed by atoms with Gasteiger partial charge >= 0.3 is 5.97 Å². The first-order chi connectivity index (χ1) is 21.0. The summed E-state index contributed by atoms with van der Waals surface area (Å²) in [5.74, 6) is -0.108. The molecule has 2 aliphatic heterocycles. The van der Waals surface area contributed by atoms with E-state index in [1.807, 2.05) is 23.1 Å². The van der Waals surface area contributed by atoms with E-state index in [2.05, 4.69) is 88.7 Å². The Kier molecular flexibility index (Phi) is 10.4. The highest BCUT2D eigenvalue weighted by Crippen LogP contribution is 2.44. The molecule has 2 aliphatic rings. The van der Waals surface area contributed by atoms with Gasteiger partial charge in [0.1, 0.15) is 0 Å². The molecular weight excluding hydrogens is 538 g/mol. The Balaban J connectivity index is 1.35. The van der Waals surface area contributed by atoms with Crippen LogP contribution in [-0.2, 0) is 19.9 Å². The smallest absolute Gasteiger partial charge is 0.305 e. The zero-order valence-electron chi connectivity index (χ0n) is 25.1. The van der Waals surface area contributed by atoms with Crippen LogP contribution >= 0.6 is 0 Å². The Hall–Kier alpha value is -3.78. The van der Waals surface area contributed by atoms with Crippen molar-refractivity contribution < 1.29 is 19.4 Å². The number of aliphatic hydroxyl groups excluding tert-OH is 1. The lowest BCUT2D eigenvalue weighted by Gasteiger charge is -2.48. The number of nitrogens with zero attached hydrogens (tertiary/aromatic N) is 3. The van der Waals surface area contributed by atoms with E-state index in [0.29, 0.717) is 58.6 Å². The molecule has 2 heterocycles. The van der Waals surface area contributed by atoms with Gasteiger partial charge in [0.25, 0.3) is 0 Å². The van der Waals surface area contributed by atoms with E-state index in [-0.39, 0.29) is 11.9 Å². The molecule has 7 heteroatoms. The molecule has 0 saturated carbocycles. The molecule has 2 fully saturated rings. The minimum absolute atomic E-state index is 0.0774. The summed E-state index contributed by atoms with van der Waals surface area (Å²) in [7, 11) is 0. The van der Waals surface area contributed by atoms with Crippen molar-refractivity contribution in [1.29, 1.82) is 0 Å². The zero-order chi connectivity index (χ0) is 30.1. The number of rotatable bonds is 11. The molecule has 3 aromatic carbocycles. The maximum atomic E-state index is 13.0. The number of carbonyl (C=O) groups excluding carboxylic acids is 2. The van der Waals surface area contributed by atoms with Gasteiger partial charge in [0.15, 0.2) is 0 Å². The fraction of sp³-hybridized carbons (Fsp3) is 0.389. The van der Waals surface area contributed by atoms with Crippen molar-refractivity contribution in [3.63, 3.8) is 0 Å². The van der Waals surface area contributed by atoms with E-state index >= 15 is 0 Å². The highest BCUT2D eigenvalue weighted by atomic mass is 16.5. The van der Waals surface area contributed by atoms with E-state index in [9.17, 15) is 14.7 Å². The number of aliphatic hydroxyl groups is 1. The molecule has 0 aromatic heterocycles. The summed E-state index contributed by atoms with van der Waals surface area (Å²) in [6.07, 6.45) is 3.19. The van der Waals surface area contributed by atoms with Crippen molar-refractivity contribution in [3.05, 3.63) is 119 Å². The van der Waals surface area contributed by atoms with Crippen LogP contribution in [0.3, 0.4) is 0 Å². The molecule has 5 rings (SSSR count). The second kappa shape index (κ2) is 14.6. The number of hydrogen-bond donors (Lipinski definition) is 1. The van der Waals surface area contributed by atoms with E-state index in [0.717, 1.165) is 18.7 Å². The lowest BCUT2D eigenvalue weighted by molar-refractivity contribution is -0.143. The highest BCUT2D eigenvalue weighted by molar-refractivity contribution is 5.79. The van der Waals surface area contributed by atoms with Crippen molar-refractivity contribution >= 4 is 11.9 Å². The molecule has 1 amide bonds. The molecule has 0 spiro atoms. The molecule has 7 nitrogen and oxygen atoms in total. The Morgan fingerprint density at radius 2 is 1.47 bits per heavy atom. The molecule has 1 atom stereocenters. The van der Waals surface area contributed by atoms with Crippen LogP contribution in [0.5, 0.6) is 0 Å². The Morgan fingerprint density at radius 1 is 0.884 bits per heavy atom. The Labute approximate surface area is 255 Å². The van der Waals surface area contributed by atoms with Crippen LogP contribution in [0.1, 0.15) is 42.9 Å². The highest BCUT2D eigenvalue weighted by Gasteiger charge is 2.44. The van der Waals surface area contributed by atoms with Crippen LogP contribution in [0, 0.1) is 0 Å². The van der Waals surface area contributed by atoms with Gasteiger partial charge in [0, 0.05) is 39.1 Å². The second-order valence-corrected chi connectivity index (χ2v) is 11.3. The van der Waals surface area contributed by atoms with Gasteiger partial charge in [-0.15, -0.1) is 0 Å². The summed E-state index contributed by atoms with van der Waals surface area (Å²) in [6, 6.07) is 31.9. The summed E-state index contributed by atoms with van der Waals surface area (Å²) in [6.45, 7) is 6.43. The number of amides is 1. The van der Waals surface area contributed by atoms with Gasteiger partial charge in [0.2, 0.25) is 5.91 Å². The first kappa shape index (κ1) is 30.7. The predicted octanol–water partition coefficient (Wildman–Crippen LogP) is 4.46. The molecule has 3 aromatic rings. The standard InChI is InChI=1S/C36H43N3O4/c1-2-43-35(42)19-12-22-37-25-26-38(34(41)28-37)23-20-29-27-39(24-21-33(29)40)36(30-13-6-3-7-14-30,31-15-8-4-9-16-31)32-17-10-5-11-18-32/h3-11,13-18,20,33,40H,2,12,19,21-28H2,1H3/b29-20-. The number of hydrogen-bond acceptors (Lipinski definition) is 6. The van der Waals surface area contributed by atoms with Crippen LogP contribution in [0.4, 0.5) is 0 Å². The first-order valence-corrected chi connectivity index (χ1v) is 15.5. The van der Waals surface area contributed by atoms with Crippen LogP contribution < -0.4 is 0 Å². The van der Waals surface area contributed by atoms with Crippen molar-refractivity contribution in [3.8, 4) is 0 Å². The fourth-order valence-corrected chi connectivity index (χ4v) is 6.49. The minimum Gasteiger partial charge on any atom is -0.466 e. The number of ether oxygens (including phenoxy) is 1. The van der Waals surface area contributed by atoms with Crippen LogP contribution in [0.15, 0.2) is 103 Å². The SMILES string of the molecule is CCOC(=O)CCCN1CCN(C/C=C2/CN(C(c3ccccc3)(c3ccccc3)c3ccccc3)CCC2O)C(=O)C1. The summed E-state index contributed by atoms with van der Waals surface area (Å²) in [5, 5.41) is 11.1. The normalized spacial score (nSPS) is 19.5. The average molecular weight is 582 g/mol. The number of esters is 1.